The van der Waals surface area contributed by atoms with Crippen LogP contribution in [0.25, 0.3) is 0 Å². The van der Waals surface area contributed by atoms with Crippen LogP contribution in [0, 0.1) is 5.92 Å². The summed E-state index contributed by atoms with van der Waals surface area (Å²) in [4.78, 5) is 30.9. The lowest BCUT2D eigenvalue weighted by molar-refractivity contribution is -0.144. The van der Waals surface area contributed by atoms with Crippen molar-refractivity contribution in [2.24, 2.45) is 5.92 Å². The van der Waals surface area contributed by atoms with Crippen LogP contribution in [0.4, 0.5) is 5.69 Å². The summed E-state index contributed by atoms with van der Waals surface area (Å²) in [5.74, 6) is -0.0441. The average Bonchev–Trinajstić information content (AvgIpc) is 2.74. The van der Waals surface area contributed by atoms with Crippen molar-refractivity contribution in [3.63, 3.8) is 0 Å². The number of anilines is 1. The first-order chi connectivity index (χ1) is 14.0. The summed E-state index contributed by atoms with van der Waals surface area (Å²) in [5, 5.41) is 3.08. The van der Waals surface area contributed by atoms with E-state index in [0.717, 1.165) is 57.7 Å². The normalized spacial score (nSPS) is 19.2. The largest absolute Gasteiger partial charge is 0.465 e. The van der Waals surface area contributed by atoms with E-state index >= 15 is 0 Å². The van der Waals surface area contributed by atoms with E-state index < -0.39 is 0 Å². The Morgan fingerprint density at radius 2 is 1.69 bits per heavy atom. The molecule has 1 N–H and O–H groups in total. The zero-order valence-corrected chi connectivity index (χ0v) is 17.7. The number of esters is 1. The van der Waals surface area contributed by atoms with Crippen LogP contribution in [0.5, 0.6) is 0 Å². The lowest BCUT2D eigenvalue weighted by atomic mass is 9.96. The summed E-state index contributed by atoms with van der Waals surface area (Å²) in [6.45, 7) is 8.93. The molecule has 0 spiro atoms. The van der Waals surface area contributed by atoms with Crippen molar-refractivity contribution in [2.45, 2.75) is 26.3 Å². The number of carbonyl (C=O) groups is 2. The molecule has 0 unspecified atom stereocenters. The third kappa shape index (κ3) is 6.44. The summed E-state index contributed by atoms with van der Waals surface area (Å²) >= 11 is 0. The van der Waals surface area contributed by atoms with Crippen molar-refractivity contribution in [1.82, 2.24) is 15.1 Å². The standard InChI is InChI=1S/C22H34N4O3/c1-3-29-21(27)17-25-10-8-19(9-11-25)22(28)23-16-18-4-6-20(7-5-18)26-14-12-24(2)13-15-26/h4-7,19H,3,8-17H2,1-2H3,(H,23,28). The molecule has 3 rings (SSSR count). The molecule has 1 aromatic rings. The fourth-order valence-electron chi connectivity index (χ4n) is 3.97. The molecule has 7 nitrogen and oxygen atoms in total. The predicted octanol–water partition coefficient (Wildman–Crippen LogP) is 1.33. The van der Waals surface area contributed by atoms with Crippen molar-refractivity contribution in [3.05, 3.63) is 29.8 Å². The second kappa shape index (κ2) is 10.6. The first-order valence-electron chi connectivity index (χ1n) is 10.7. The van der Waals surface area contributed by atoms with Gasteiger partial charge < -0.3 is 19.9 Å². The molecule has 160 valence electrons. The molecule has 0 atom stereocenters. The van der Waals surface area contributed by atoms with Gasteiger partial charge in [-0.15, -0.1) is 0 Å². The Bertz CT molecular complexity index is 663. The van der Waals surface area contributed by atoms with Crippen molar-refractivity contribution in [3.8, 4) is 0 Å². The molecule has 0 aliphatic carbocycles. The Kier molecular flexibility index (Phi) is 7.89. The second-order valence-corrected chi connectivity index (χ2v) is 8.03. The molecule has 0 aromatic heterocycles. The number of nitrogens with zero attached hydrogens (tertiary/aromatic N) is 3. The number of amides is 1. The highest BCUT2D eigenvalue weighted by molar-refractivity contribution is 5.78. The number of likely N-dealkylation sites (N-methyl/N-ethyl adjacent to an activating group) is 1. The molecule has 0 bridgehead atoms. The molecule has 0 saturated carbocycles. The fraction of sp³-hybridized carbons (Fsp3) is 0.636. The highest BCUT2D eigenvalue weighted by Gasteiger charge is 2.26. The van der Waals surface area contributed by atoms with E-state index in [-0.39, 0.29) is 17.8 Å². The molecule has 29 heavy (non-hydrogen) atoms. The summed E-state index contributed by atoms with van der Waals surface area (Å²) in [5.41, 5.74) is 2.37. The van der Waals surface area contributed by atoms with Crippen molar-refractivity contribution < 1.29 is 14.3 Å². The van der Waals surface area contributed by atoms with Gasteiger partial charge >= 0.3 is 5.97 Å². The molecule has 2 fully saturated rings. The number of nitrogens with one attached hydrogen (secondary N) is 1. The Morgan fingerprint density at radius 1 is 1.03 bits per heavy atom. The van der Waals surface area contributed by atoms with Crippen molar-refractivity contribution in [1.29, 1.82) is 0 Å². The van der Waals surface area contributed by atoms with Crippen LogP contribution in [0.2, 0.25) is 0 Å². The first kappa shape index (κ1) is 21.6. The maximum absolute atomic E-state index is 12.5. The number of ether oxygens (including phenoxy) is 1. The molecule has 2 aliphatic rings. The number of piperazine rings is 1. The molecule has 2 saturated heterocycles. The molecule has 2 aliphatic heterocycles. The smallest absolute Gasteiger partial charge is 0.320 e. The molecule has 7 heteroatoms. The summed E-state index contributed by atoms with van der Waals surface area (Å²) in [7, 11) is 2.16. The predicted molar refractivity (Wildman–Crippen MR) is 114 cm³/mol. The Hall–Kier alpha value is -2.12. The van der Waals surface area contributed by atoms with Gasteiger partial charge in [-0.25, -0.2) is 0 Å². The highest BCUT2D eigenvalue weighted by atomic mass is 16.5. The van der Waals surface area contributed by atoms with Crippen molar-refractivity contribution in [2.75, 3.05) is 64.4 Å². The molecule has 1 amide bonds. The van der Waals surface area contributed by atoms with Crippen LogP contribution in [-0.4, -0.2) is 81.1 Å². The Labute approximate surface area is 174 Å². The number of rotatable bonds is 7. The van der Waals surface area contributed by atoms with Crippen LogP contribution in [0.3, 0.4) is 0 Å². The lowest BCUT2D eigenvalue weighted by Gasteiger charge is -2.34. The lowest BCUT2D eigenvalue weighted by Crippen LogP contribution is -2.44. The molecule has 2 heterocycles. The summed E-state index contributed by atoms with van der Waals surface area (Å²) in [6.07, 6.45) is 1.57. The first-order valence-corrected chi connectivity index (χ1v) is 10.7. The third-order valence-electron chi connectivity index (χ3n) is 5.89. The van der Waals surface area contributed by atoms with Gasteiger partial charge in [-0.05, 0) is 57.6 Å². The van der Waals surface area contributed by atoms with E-state index in [0.29, 0.717) is 19.7 Å². The Balaban J connectivity index is 1.39. The molecule has 0 radical (unpaired) electrons. The van der Waals surface area contributed by atoms with E-state index in [1.165, 1.54) is 5.69 Å². The van der Waals surface area contributed by atoms with Crippen LogP contribution in [-0.2, 0) is 20.9 Å². The number of hydrogen-bond donors (Lipinski definition) is 1. The zero-order chi connectivity index (χ0) is 20.6. The maximum atomic E-state index is 12.5. The van der Waals surface area contributed by atoms with Gasteiger partial charge in [0.1, 0.15) is 0 Å². The Morgan fingerprint density at radius 3 is 2.31 bits per heavy atom. The van der Waals surface area contributed by atoms with Crippen LogP contribution in [0.15, 0.2) is 24.3 Å². The van der Waals surface area contributed by atoms with Crippen LogP contribution in [0.1, 0.15) is 25.3 Å². The third-order valence-corrected chi connectivity index (χ3v) is 5.89. The summed E-state index contributed by atoms with van der Waals surface area (Å²) in [6, 6.07) is 8.52. The summed E-state index contributed by atoms with van der Waals surface area (Å²) < 4.78 is 4.99. The number of likely N-dealkylation sites (tertiary alicyclic amines) is 1. The quantitative estimate of drug-likeness (QED) is 0.695. The number of benzene rings is 1. The van der Waals surface area contributed by atoms with Gasteiger partial charge in [0, 0.05) is 44.3 Å². The minimum Gasteiger partial charge on any atom is -0.465 e. The van der Waals surface area contributed by atoms with Gasteiger partial charge in [0.15, 0.2) is 0 Å². The van der Waals surface area contributed by atoms with Gasteiger partial charge in [0.25, 0.3) is 0 Å². The second-order valence-electron chi connectivity index (χ2n) is 8.03. The van der Waals surface area contributed by atoms with E-state index in [4.69, 9.17) is 4.74 Å². The van der Waals surface area contributed by atoms with Gasteiger partial charge in [0.05, 0.1) is 13.2 Å². The highest BCUT2D eigenvalue weighted by Crippen LogP contribution is 2.19. The number of carbonyl (C=O) groups excluding carboxylic acids is 2. The van der Waals surface area contributed by atoms with Gasteiger partial charge in [-0.3, -0.25) is 14.5 Å². The van der Waals surface area contributed by atoms with E-state index in [9.17, 15) is 9.59 Å². The van der Waals surface area contributed by atoms with Crippen LogP contribution < -0.4 is 10.2 Å². The number of piperidine rings is 1. The number of hydrogen-bond acceptors (Lipinski definition) is 6. The topological polar surface area (TPSA) is 65.1 Å². The minimum atomic E-state index is -0.185. The van der Waals surface area contributed by atoms with E-state index in [2.05, 4.69) is 51.3 Å². The van der Waals surface area contributed by atoms with E-state index in [1.807, 2.05) is 6.92 Å². The van der Waals surface area contributed by atoms with Gasteiger partial charge in [-0.2, -0.15) is 0 Å². The fourth-order valence-corrected chi connectivity index (χ4v) is 3.97. The van der Waals surface area contributed by atoms with Gasteiger partial charge in [-0.1, -0.05) is 12.1 Å². The van der Waals surface area contributed by atoms with Gasteiger partial charge in [0.2, 0.25) is 5.91 Å². The van der Waals surface area contributed by atoms with Crippen LogP contribution >= 0.6 is 0 Å². The minimum absolute atomic E-state index is 0.0260. The SMILES string of the molecule is CCOC(=O)CN1CCC(C(=O)NCc2ccc(N3CCN(C)CC3)cc2)CC1. The molecular formula is C22H34N4O3. The molecular weight excluding hydrogens is 368 g/mol. The van der Waals surface area contributed by atoms with Crippen molar-refractivity contribution >= 4 is 17.6 Å². The van der Waals surface area contributed by atoms with E-state index in [1.54, 1.807) is 0 Å². The average molecular weight is 403 g/mol. The molecule has 1 aromatic carbocycles. The maximum Gasteiger partial charge on any atom is 0.320 e. The zero-order valence-electron chi connectivity index (χ0n) is 17.7. The monoisotopic (exact) mass is 402 g/mol.